The summed E-state index contributed by atoms with van der Waals surface area (Å²) in [6, 6.07) is 5.58. The third kappa shape index (κ3) is 2.63. The van der Waals surface area contributed by atoms with Crippen molar-refractivity contribution in [2.75, 3.05) is 19.1 Å². The van der Waals surface area contributed by atoms with Crippen molar-refractivity contribution in [2.45, 2.75) is 0 Å². The van der Waals surface area contributed by atoms with Crippen LogP contribution < -0.4 is 9.64 Å². The van der Waals surface area contributed by atoms with Gasteiger partial charge in [0, 0.05) is 13.1 Å². The Morgan fingerprint density at radius 3 is 2.74 bits per heavy atom. The Kier molecular flexibility index (Phi) is 3.90. The van der Waals surface area contributed by atoms with E-state index in [0.717, 1.165) is 0 Å². The first-order valence-corrected chi connectivity index (χ1v) is 6.18. The second-order valence-corrected chi connectivity index (χ2v) is 4.63. The highest BCUT2D eigenvalue weighted by atomic mass is 79.9. The third-order valence-corrected chi connectivity index (χ3v) is 3.24. The molecule has 0 unspecified atom stereocenters. The van der Waals surface area contributed by atoms with Crippen LogP contribution in [0.4, 0.5) is 10.1 Å². The van der Waals surface area contributed by atoms with Crippen molar-refractivity contribution >= 4 is 27.5 Å². The molecule has 0 spiro atoms. The number of rotatable bonds is 3. The van der Waals surface area contributed by atoms with Crippen LogP contribution in [0.1, 0.15) is 10.6 Å². The number of hydrogen-bond donors (Lipinski definition) is 0. The minimum atomic E-state index is -0.430. The van der Waals surface area contributed by atoms with Crippen LogP contribution in [0, 0.1) is 5.82 Å². The van der Waals surface area contributed by atoms with Gasteiger partial charge in [0.25, 0.3) is 5.91 Å². The van der Waals surface area contributed by atoms with E-state index >= 15 is 0 Å². The molecule has 19 heavy (non-hydrogen) atoms. The van der Waals surface area contributed by atoms with Crippen LogP contribution in [0.15, 0.2) is 39.4 Å². The minimum Gasteiger partial charge on any atom is -0.494 e. The first-order chi connectivity index (χ1) is 9.04. The molecule has 1 aromatic carbocycles. The molecule has 2 aromatic rings. The Morgan fingerprint density at radius 2 is 2.16 bits per heavy atom. The molecule has 6 heteroatoms. The van der Waals surface area contributed by atoms with Gasteiger partial charge in [-0.15, -0.1) is 0 Å². The summed E-state index contributed by atoms with van der Waals surface area (Å²) in [6.07, 6.45) is 1.41. The van der Waals surface area contributed by atoms with Crippen LogP contribution in [0.25, 0.3) is 0 Å². The highest BCUT2D eigenvalue weighted by molar-refractivity contribution is 9.10. The highest BCUT2D eigenvalue weighted by Gasteiger charge is 2.22. The zero-order valence-electron chi connectivity index (χ0n) is 10.3. The molecule has 0 atom stereocenters. The fraction of sp³-hybridized carbons (Fsp3) is 0.154. The number of anilines is 1. The van der Waals surface area contributed by atoms with E-state index in [9.17, 15) is 9.18 Å². The Hall–Kier alpha value is -1.82. The van der Waals surface area contributed by atoms with E-state index in [0.29, 0.717) is 10.2 Å². The largest absolute Gasteiger partial charge is 0.494 e. The Bertz CT molecular complexity index is 612. The molecular weight excluding hydrogens is 317 g/mol. The summed E-state index contributed by atoms with van der Waals surface area (Å²) in [5, 5.41) is 0. The molecule has 4 nitrogen and oxygen atoms in total. The average Bonchev–Trinajstić information content (AvgIpc) is 2.83. The Labute approximate surface area is 117 Å². The molecule has 1 amide bonds. The second-order valence-electron chi connectivity index (χ2n) is 3.78. The first kappa shape index (κ1) is 13.6. The summed E-state index contributed by atoms with van der Waals surface area (Å²) in [5.41, 5.74) is 0.456. The molecule has 0 N–H and O–H groups in total. The summed E-state index contributed by atoms with van der Waals surface area (Å²) in [7, 11) is 2.98. The van der Waals surface area contributed by atoms with Crippen molar-refractivity contribution in [3.8, 4) is 5.75 Å². The van der Waals surface area contributed by atoms with E-state index in [2.05, 4.69) is 15.9 Å². The average molecular weight is 328 g/mol. The van der Waals surface area contributed by atoms with E-state index in [-0.39, 0.29) is 17.4 Å². The van der Waals surface area contributed by atoms with E-state index in [1.165, 1.54) is 36.5 Å². The molecule has 1 heterocycles. The zero-order chi connectivity index (χ0) is 14.0. The van der Waals surface area contributed by atoms with Crippen molar-refractivity contribution in [2.24, 2.45) is 0 Å². The van der Waals surface area contributed by atoms with Gasteiger partial charge < -0.3 is 14.1 Å². The number of halogens is 2. The maximum absolute atomic E-state index is 13.1. The molecule has 2 rings (SSSR count). The third-order valence-electron chi connectivity index (χ3n) is 2.62. The fourth-order valence-electron chi connectivity index (χ4n) is 1.64. The Morgan fingerprint density at radius 1 is 1.42 bits per heavy atom. The van der Waals surface area contributed by atoms with Crippen LogP contribution in [0.3, 0.4) is 0 Å². The molecule has 0 saturated carbocycles. The lowest BCUT2D eigenvalue weighted by molar-refractivity contribution is 0.0965. The van der Waals surface area contributed by atoms with Crippen LogP contribution in [-0.4, -0.2) is 20.1 Å². The predicted octanol–water partition coefficient (Wildman–Crippen LogP) is 3.47. The van der Waals surface area contributed by atoms with Gasteiger partial charge >= 0.3 is 0 Å². The van der Waals surface area contributed by atoms with Crippen molar-refractivity contribution in [1.29, 1.82) is 0 Å². The highest BCUT2D eigenvalue weighted by Crippen LogP contribution is 2.30. The van der Waals surface area contributed by atoms with Gasteiger partial charge in [-0.2, -0.15) is 0 Å². The lowest BCUT2D eigenvalue weighted by atomic mass is 10.2. The van der Waals surface area contributed by atoms with Crippen molar-refractivity contribution < 1.29 is 18.3 Å². The van der Waals surface area contributed by atoms with Crippen LogP contribution in [0.5, 0.6) is 5.75 Å². The summed E-state index contributed by atoms with van der Waals surface area (Å²) in [6.45, 7) is 0. The zero-order valence-corrected chi connectivity index (χ0v) is 11.9. The van der Waals surface area contributed by atoms with Gasteiger partial charge in [0.1, 0.15) is 11.6 Å². The van der Waals surface area contributed by atoms with Crippen molar-refractivity contribution in [1.82, 2.24) is 0 Å². The van der Waals surface area contributed by atoms with Gasteiger partial charge in [0.15, 0.2) is 0 Å². The lowest BCUT2D eigenvalue weighted by Gasteiger charge is -2.19. The molecule has 0 aliphatic carbocycles. The number of hydrogen-bond acceptors (Lipinski definition) is 3. The number of amides is 1. The predicted molar refractivity (Wildman–Crippen MR) is 72.1 cm³/mol. The van der Waals surface area contributed by atoms with Gasteiger partial charge in [-0.1, -0.05) is 0 Å². The van der Waals surface area contributed by atoms with Gasteiger partial charge in [-0.25, -0.2) is 4.39 Å². The van der Waals surface area contributed by atoms with E-state index in [4.69, 9.17) is 9.15 Å². The molecule has 0 fully saturated rings. The molecule has 0 aliphatic heterocycles. The fourth-order valence-corrected chi connectivity index (χ4v) is 2.01. The quantitative estimate of drug-likeness (QED) is 0.866. The monoisotopic (exact) mass is 327 g/mol. The summed E-state index contributed by atoms with van der Waals surface area (Å²) < 4.78 is 23.9. The van der Waals surface area contributed by atoms with E-state index in [1.807, 2.05) is 0 Å². The Balaban J connectivity index is 2.37. The number of ether oxygens (including phenoxy) is 1. The molecule has 0 bridgehead atoms. The number of carbonyl (C=O) groups is 1. The lowest BCUT2D eigenvalue weighted by Crippen LogP contribution is -2.26. The maximum Gasteiger partial charge on any atom is 0.295 e. The summed E-state index contributed by atoms with van der Waals surface area (Å²) in [4.78, 5) is 13.6. The molecule has 0 aliphatic rings. The minimum absolute atomic E-state index is 0.175. The number of benzene rings is 1. The molecule has 1 aromatic heterocycles. The molecular formula is C13H11BrFNO3. The number of nitrogens with zero attached hydrogens (tertiary/aromatic N) is 1. The van der Waals surface area contributed by atoms with Gasteiger partial charge in [0.2, 0.25) is 5.76 Å². The number of carbonyl (C=O) groups excluding carboxylic acids is 1. The summed E-state index contributed by atoms with van der Waals surface area (Å²) >= 11 is 3.22. The van der Waals surface area contributed by atoms with Gasteiger partial charge in [-0.05, 0) is 34.1 Å². The van der Waals surface area contributed by atoms with E-state index < -0.39 is 5.82 Å². The number of methoxy groups -OCH3 is 1. The van der Waals surface area contributed by atoms with Crippen LogP contribution in [-0.2, 0) is 0 Å². The van der Waals surface area contributed by atoms with Crippen molar-refractivity contribution in [3.05, 3.63) is 46.6 Å². The van der Waals surface area contributed by atoms with Crippen LogP contribution >= 0.6 is 15.9 Å². The SMILES string of the molecule is COc1cc(F)ccc1N(C)C(=O)c1occc1Br. The van der Waals surface area contributed by atoms with Crippen LogP contribution in [0.2, 0.25) is 0 Å². The van der Waals surface area contributed by atoms with E-state index in [1.54, 1.807) is 13.1 Å². The molecule has 0 saturated heterocycles. The smallest absolute Gasteiger partial charge is 0.295 e. The summed E-state index contributed by atoms with van der Waals surface area (Å²) in [5.74, 6) is -0.338. The normalized spacial score (nSPS) is 10.3. The topological polar surface area (TPSA) is 42.7 Å². The standard InChI is InChI=1S/C13H11BrFNO3/c1-16(13(17)12-9(14)5-6-19-12)10-4-3-8(15)7-11(10)18-2/h3-7H,1-2H3. The van der Waals surface area contributed by atoms with Gasteiger partial charge in [0.05, 0.1) is 23.5 Å². The van der Waals surface area contributed by atoms with Crippen molar-refractivity contribution in [3.63, 3.8) is 0 Å². The molecule has 0 radical (unpaired) electrons. The van der Waals surface area contributed by atoms with Gasteiger partial charge in [-0.3, -0.25) is 4.79 Å². The second kappa shape index (κ2) is 5.44. The number of furan rings is 1. The maximum atomic E-state index is 13.1. The molecule has 100 valence electrons. The first-order valence-electron chi connectivity index (χ1n) is 5.39.